The van der Waals surface area contributed by atoms with Crippen molar-refractivity contribution in [3.8, 4) is 0 Å². The van der Waals surface area contributed by atoms with E-state index in [1.807, 2.05) is 6.07 Å². The van der Waals surface area contributed by atoms with Gasteiger partial charge in [0.25, 0.3) is 0 Å². The molecule has 5 nitrogen and oxygen atoms in total. The van der Waals surface area contributed by atoms with Gasteiger partial charge >= 0.3 is 0 Å². The first kappa shape index (κ1) is 16.5. The van der Waals surface area contributed by atoms with E-state index in [1.54, 1.807) is 0 Å². The van der Waals surface area contributed by atoms with E-state index in [0.29, 0.717) is 0 Å². The Bertz CT molecular complexity index is 711. The van der Waals surface area contributed by atoms with Gasteiger partial charge in [0.15, 0.2) is 0 Å². The SMILES string of the molecule is OC1CCN(c2nc(Cc3ccccc3)nc3c2CCNCC3)CC1. The van der Waals surface area contributed by atoms with Crippen molar-refractivity contribution in [3.05, 3.63) is 53.0 Å². The highest BCUT2D eigenvalue weighted by atomic mass is 16.3. The van der Waals surface area contributed by atoms with Crippen LogP contribution in [0.3, 0.4) is 0 Å². The number of benzene rings is 1. The van der Waals surface area contributed by atoms with Crippen LogP contribution >= 0.6 is 0 Å². The number of nitrogens with one attached hydrogen (secondary N) is 1. The minimum atomic E-state index is -0.165. The van der Waals surface area contributed by atoms with Crippen molar-refractivity contribution in [3.63, 3.8) is 0 Å². The van der Waals surface area contributed by atoms with Crippen molar-refractivity contribution in [2.24, 2.45) is 0 Å². The highest BCUT2D eigenvalue weighted by molar-refractivity contribution is 5.51. The average molecular weight is 338 g/mol. The molecule has 1 aromatic heterocycles. The van der Waals surface area contributed by atoms with E-state index in [9.17, 15) is 5.11 Å². The summed E-state index contributed by atoms with van der Waals surface area (Å²) >= 11 is 0. The van der Waals surface area contributed by atoms with Crippen LogP contribution in [-0.2, 0) is 19.3 Å². The average Bonchev–Trinajstić information content (AvgIpc) is 2.88. The lowest BCUT2D eigenvalue weighted by atomic mass is 10.0. The molecule has 5 heteroatoms. The summed E-state index contributed by atoms with van der Waals surface area (Å²) in [6.45, 7) is 3.72. The Morgan fingerprint density at radius 3 is 2.60 bits per heavy atom. The third kappa shape index (κ3) is 3.83. The maximum absolute atomic E-state index is 9.84. The fourth-order valence-electron chi connectivity index (χ4n) is 3.77. The van der Waals surface area contributed by atoms with Gasteiger partial charge in [-0.3, -0.25) is 0 Å². The number of piperidine rings is 1. The number of anilines is 1. The monoisotopic (exact) mass is 338 g/mol. The molecule has 0 amide bonds. The van der Waals surface area contributed by atoms with Crippen LogP contribution in [0.25, 0.3) is 0 Å². The topological polar surface area (TPSA) is 61.3 Å². The molecule has 3 heterocycles. The lowest BCUT2D eigenvalue weighted by Crippen LogP contribution is -2.37. The minimum absolute atomic E-state index is 0.165. The molecule has 1 aromatic carbocycles. The number of aliphatic hydroxyl groups is 1. The summed E-state index contributed by atoms with van der Waals surface area (Å²) in [4.78, 5) is 12.2. The summed E-state index contributed by atoms with van der Waals surface area (Å²) < 4.78 is 0. The Balaban J connectivity index is 1.68. The summed E-state index contributed by atoms with van der Waals surface area (Å²) in [7, 11) is 0. The molecule has 2 aliphatic rings. The van der Waals surface area contributed by atoms with Gasteiger partial charge in [-0.2, -0.15) is 0 Å². The van der Waals surface area contributed by atoms with E-state index in [0.717, 1.165) is 69.9 Å². The van der Waals surface area contributed by atoms with Gasteiger partial charge in [-0.05, 0) is 31.4 Å². The van der Waals surface area contributed by atoms with Crippen molar-refractivity contribution in [2.45, 2.75) is 38.2 Å². The van der Waals surface area contributed by atoms with Gasteiger partial charge in [0, 0.05) is 38.0 Å². The van der Waals surface area contributed by atoms with Gasteiger partial charge < -0.3 is 15.3 Å². The van der Waals surface area contributed by atoms with Crippen molar-refractivity contribution >= 4 is 5.82 Å². The molecule has 25 heavy (non-hydrogen) atoms. The van der Waals surface area contributed by atoms with Crippen molar-refractivity contribution in [2.75, 3.05) is 31.1 Å². The fraction of sp³-hybridized carbons (Fsp3) is 0.500. The molecule has 0 bridgehead atoms. The third-order valence-electron chi connectivity index (χ3n) is 5.18. The number of aliphatic hydroxyl groups excluding tert-OH is 1. The van der Waals surface area contributed by atoms with Crippen LogP contribution in [0.1, 0.15) is 35.5 Å². The zero-order chi connectivity index (χ0) is 17.1. The van der Waals surface area contributed by atoms with Crippen LogP contribution < -0.4 is 10.2 Å². The van der Waals surface area contributed by atoms with Gasteiger partial charge in [0.1, 0.15) is 11.6 Å². The van der Waals surface area contributed by atoms with Crippen LogP contribution in [0.2, 0.25) is 0 Å². The molecular formula is C20H26N4O. The molecule has 0 unspecified atom stereocenters. The molecule has 0 radical (unpaired) electrons. The highest BCUT2D eigenvalue weighted by Gasteiger charge is 2.24. The molecule has 1 fully saturated rings. The van der Waals surface area contributed by atoms with Crippen molar-refractivity contribution in [1.29, 1.82) is 0 Å². The van der Waals surface area contributed by atoms with Crippen molar-refractivity contribution in [1.82, 2.24) is 15.3 Å². The molecule has 0 aliphatic carbocycles. The van der Waals surface area contributed by atoms with Gasteiger partial charge in [0.05, 0.1) is 11.8 Å². The van der Waals surface area contributed by atoms with Gasteiger partial charge in [-0.1, -0.05) is 30.3 Å². The maximum Gasteiger partial charge on any atom is 0.135 e. The summed E-state index contributed by atoms with van der Waals surface area (Å²) in [5.74, 6) is 2.01. The highest BCUT2D eigenvalue weighted by Crippen LogP contribution is 2.27. The summed E-state index contributed by atoms with van der Waals surface area (Å²) in [5.41, 5.74) is 3.75. The molecule has 132 valence electrons. The van der Waals surface area contributed by atoms with Crippen LogP contribution in [0.4, 0.5) is 5.82 Å². The predicted molar refractivity (Wildman–Crippen MR) is 99.0 cm³/mol. The largest absolute Gasteiger partial charge is 0.393 e. The number of aromatic nitrogens is 2. The quantitative estimate of drug-likeness (QED) is 0.892. The van der Waals surface area contributed by atoms with Gasteiger partial charge in [-0.25, -0.2) is 9.97 Å². The number of hydrogen-bond acceptors (Lipinski definition) is 5. The zero-order valence-electron chi connectivity index (χ0n) is 14.6. The molecule has 0 spiro atoms. The van der Waals surface area contributed by atoms with Crippen LogP contribution in [0, 0.1) is 0 Å². The number of rotatable bonds is 3. The molecule has 1 saturated heterocycles. The fourth-order valence-corrected chi connectivity index (χ4v) is 3.77. The van der Waals surface area contributed by atoms with E-state index in [1.165, 1.54) is 16.8 Å². The summed E-state index contributed by atoms with van der Waals surface area (Å²) in [6.07, 6.45) is 4.20. The first-order valence-electron chi connectivity index (χ1n) is 9.36. The summed E-state index contributed by atoms with van der Waals surface area (Å²) in [6, 6.07) is 10.4. The summed E-state index contributed by atoms with van der Waals surface area (Å²) in [5, 5.41) is 13.3. The molecule has 4 rings (SSSR count). The van der Waals surface area contributed by atoms with Crippen LogP contribution in [0.5, 0.6) is 0 Å². The molecule has 2 aromatic rings. The minimum Gasteiger partial charge on any atom is -0.393 e. The van der Waals surface area contributed by atoms with Gasteiger partial charge in [-0.15, -0.1) is 0 Å². The van der Waals surface area contributed by atoms with Gasteiger partial charge in [0.2, 0.25) is 0 Å². The Morgan fingerprint density at radius 1 is 1.04 bits per heavy atom. The molecule has 0 saturated carbocycles. The molecule has 2 aliphatic heterocycles. The van der Waals surface area contributed by atoms with E-state index in [4.69, 9.17) is 9.97 Å². The van der Waals surface area contributed by atoms with E-state index in [-0.39, 0.29) is 6.10 Å². The molecule has 2 N–H and O–H groups in total. The third-order valence-corrected chi connectivity index (χ3v) is 5.18. The first-order valence-corrected chi connectivity index (χ1v) is 9.36. The standard InChI is InChI=1S/C20H26N4O/c25-16-8-12-24(13-9-16)20-17-6-10-21-11-7-18(17)22-19(23-20)14-15-4-2-1-3-5-15/h1-5,16,21,25H,6-14H2. The Morgan fingerprint density at radius 2 is 1.80 bits per heavy atom. The second-order valence-corrected chi connectivity index (χ2v) is 7.02. The Kier molecular flexibility index (Phi) is 4.95. The van der Waals surface area contributed by atoms with E-state index in [2.05, 4.69) is 34.5 Å². The van der Waals surface area contributed by atoms with E-state index >= 15 is 0 Å². The van der Waals surface area contributed by atoms with E-state index < -0.39 is 0 Å². The second kappa shape index (κ2) is 7.50. The molecule has 0 atom stereocenters. The second-order valence-electron chi connectivity index (χ2n) is 7.02. The predicted octanol–water partition coefficient (Wildman–Crippen LogP) is 1.72. The maximum atomic E-state index is 9.84. The number of nitrogens with zero attached hydrogens (tertiary/aromatic N) is 3. The lowest BCUT2D eigenvalue weighted by Gasteiger charge is -2.32. The zero-order valence-corrected chi connectivity index (χ0v) is 14.6. The molecular weight excluding hydrogens is 312 g/mol. The van der Waals surface area contributed by atoms with Crippen molar-refractivity contribution < 1.29 is 5.11 Å². The Labute approximate surface area is 149 Å². The smallest absolute Gasteiger partial charge is 0.135 e. The van der Waals surface area contributed by atoms with Crippen LogP contribution in [-0.4, -0.2) is 47.4 Å². The lowest BCUT2D eigenvalue weighted by molar-refractivity contribution is 0.145. The number of hydrogen-bond donors (Lipinski definition) is 2. The Hall–Kier alpha value is -1.98. The first-order chi connectivity index (χ1) is 12.3. The number of fused-ring (bicyclic) bond motifs is 1. The normalized spacial score (nSPS) is 18.7. The van der Waals surface area contributed by atoms with Crippen LogP contribution in [0.15, 0.2) is 30.3 Å².